The van der Waals surface area contributed by atoms with Crippen LogP contribution in [0.15, 0.2) is 4.99 Å². The molecule has 1 amide bonds. The minimum atomic E-state index is -0.186. The van der Waals surface area contributed by atoms with Crippen molar-refractivity contribution in [3.05, 3.63) is 0 Å². The summed E-state index contributed by atoms with van der Waals surface area (Å²) >= 11 is 0. The van der Waals surface area contributed by atoms with Gasteiger partial charge in [0.05, 0.1) is 6.61 Å². The minimum Gasteiger partial charge on any atom is -0.450 e. The number of hydrogen-bond donors (Lipinski definition) is 2. The van der Waals surface area contributed by atoms with Crippen molar-refractivity contribution >= 4 is 36.0 Å². The molecule has 0 aromatic heterocycles. The molecule has 2 N–H and O–H groups in total. The second-order valence-corrected chi connectivity index (χ2v) is 7.83. The number of likely N-dealkylation sites (tertiary alicyclic amines) is 1. The summed E-state index contributed by atoms with van der Waals surface area (Å²) in [7, 11) is 1.83. The maximum absolute atomic E-state index is 11.8. The number of aliphatic imine (C=N–C) groups is 1. The first-order valence-corrected chi connectivity index (χ1v) is 10.1. The highest BCUT2D eigenvalue weighted by atomic mass is 127. The Morgan fingerprint density at radius 1 is 1.19 bits per heavy atom. The minimum absolute atomic E-state index is 0. The lowest BCUT2D eigenvalue weighted by atomic mass is 9.86. The molecule has 3 rings (SSSR count). The number of hydrogen-bond acceptors (Lipinski definition) is 3. The maximum Gasteiger partial charge on any atom is 0.409 e. The number of fused-ring (bicyclic) bond motifs is 2. The molecule has 2 aliphatic carbocycles. The molecule has 0 aromatic rings. The maximum atomic E-state index is 11.8. The van der Waals surface area contributed by atoms with Crippen LogP contribution in [0, 0.1) is 17.8 Å². The number of carbonyl (C=O) groups is 1. The second-order valence-electron chi connectivity index (χ2n) is 7.83. The average molecular weight is 478 g/mol. The lowest BCUT2D eigenvalue weighted by molar-refractivity contribution is 0.0963. The molecule has 1 saturated heterocycles. The van der Waals surface area contributed by atoms with Crippen LogP contribution < -0.4 is 10.6 Å². The Labute approximate surface area is 174 Å². The number of amides is 1. The topological polar surface area (TPSA) is 66.0 Å². The molecule has 26 heavy (non-hydrogen) atoms. The van der Waals surface area contributed by atoms with Gasteiger partial charge in [-0.05, 0) is 63.2 Å². The predicted octanol–water partition coefficient (Wildman–Crippen LogP) is 3.22. The first-order valence-electron chi connectivity index (χ1n) is 10.1. The van der Waals surface area contributed by atoms with Crippen LogP contribution in [0.4, 0.5) is 4.79 Å². The second kappa shape index (κ2) is 10.6. The number of guanidine groups is 1. The molecule has 150 valence electrons. The van der Waals surface area contributed by atoms with Gasteiger partial charge in [-0.25, -0.2) is 4.79 Å². The summed E-state index contributed by atoms with van der Waals surface area (Å²) in [6.45, 7) is 4.79. The van der Waals surface area contributed by atoms with Crippen molar-refractivity contribution in [3.8, 4) is 0 Å². The van der Waals surface area contributed by atoms with Crippen molar-refractivity contribution in [2.45, 2.75) is 57.9 Å². The van der Waals surface area contributed by atoms with E-state index in [-0.39, 0.29) is 30.1 Å². The summed E-state index contributed by atoms with van der Waals surface area (Å²) in [4.78, 5) is 17.9. The van der Waals surface area contributed by atoms with Gasteiger partial charge in [0, 0.05) is 32.7 Å². The van der Waals surface area contributed by atoms with E-state index in [1.165, 1.54) is 32.1 Å². The first-order chi connectivity index (χ1) is 12.2. The molecule has 3 aliphatic rings. The van der Waals surface area contributed by atoms with Crippen LogP contribution in [0.1, 0.15) is 51.9 Å². The smallest absolute Gasteiger partial charge is 0.409 e. The van der Waals surface area contributed by atoms with Crippen LogP contribution in [0.3, 0.4) is 0 Å². The summed E-state index contributed by atoms with van der Waals surface area (Å²) in [6.07, 6.45) is 8.82. The van der Waals surface area contributed by atoms with E-state index in [1.54, 1.807) is 4.90 Å². The summed E-state index contributed by atoms with van der Waals surface area (Å²) in [5.74, 6) is 3.85. The van der Waals surface area contributed by atoms with Crippen LogP contribution >= 0.6 is 24.0 Å². The normalized spacial score (nSPS) is 28.6. The monoisotopic (exact) mass is 478 g/mol. The molecule has 1 aliphatic heterocycles. The summed E-state index contributed by atoms with van der Waals surface area (Å²) in [5.41, 5.74) is 0. The van der Waals surface area contributed by atoms with Crippen molar-refractivity contribution in [2.24, 2.45) is 22.7 Å². The van der Waals surface area contributed by atoms with Gasteiger partial charge >= 0.3 is 6.09 Å². The largest absolute Gasteiger partial charge is 0.450 e. The number of nitrogens with zero attached hydrogens (tertiary/aromatic N) is 2. The molecule has 2 bridgehead atoms. The van der Waals surface area contributed by atoms with Crippen molar-refractivity contribution in [3.63, 3.8) is 0 Å². The lowest BCUT2D eigenvalue weighted by Gasteiger charge is -2.32. The molecule has 0 spiro atoms. The SMILES string of the molecule is CCOC(=O)N1CCC(NC(=NC)NCCC2CC3CCC2C3)CC1.I. The van der Waals surface area contributed by atoms with Gasteiger partial charge in [0.2, 0.25) is 0 Å². The Hall–Kier alpha value is -0.730. The molecule has 0 aromatic carbocycles. The summed E-state index contributed by atoms with van der Waals surface area (Å²) in [6, 6.07) is 0.374. The number of ether oxygens (including phenoxy) is 1. The van der Waals surface area contributed by atoms with E-state index < -0.39 is 0 Å². The van der Waals surface area contributed by atoms with Gasteiger partial charge in [0.1, 0.15) is 0 Å². The van der Waals surface area contributed by atoms with Crippen LogP contribution in [-0.4, -0.2) is 56.3 Å². The van der Waals surface area contributed by atoms with Crippen molar-refractivity contribution in [1.29, 1.82) is 0 Å². The van der Waals surface area contributed by atoms with Gasteiger partial charge in [-0.2, -0.15) is 0 Å². The third-order valence-electron chi connectivity index (χ3n) is 6.28. The zero-order chi connectivity index (χ0) is 17.6. The van der Waals surface area contributed by atoms with Gasteiger partial charge in [-0.1, -0.05) is 6.42 Å². The van der Waals surface area contributed by atoms with Crippen molar-refractivity contribution in [1.82, 2.24) is 15.5 Å². The summed E-state index contributed by atoms with van der Waals surface area (Å²) < 4.78 is 5.07. The first kappa shape index (κ1) is 21.6. The van der Waals surface area contributed by atoms with Gasteiger partial charge in [0.15, 0.2) is 5.96 Å². The Bertz CT molecular complexity index is 480. The zero-order valence-electron chi connectivity index (χ0n) is 16.2. The van der Waals surface area contributed by atoms with E-state index in [1.807, 2.05) is 14.0 Å². The van der Waals surface area contributed by atoms with Crippen LogP contribution in [0.2, 0.25) is 0 Å². The molecule has 3 fully saturated rings. The Balaban J connectivity index is 0.00000243. The molecular formula is C19H35IN4O2. The van der Waals surface area contributed by atoms with E-state index >= 15 is 0 Å². The fourth-order valence-electron chi connectivity index (χ4n) is 4.92. The van der Waals surface area contributed by atoms with E-state index in [9.17, 15) is 4.79 Å². The molecule has 1 heterocycles. The highest BCUT2D eigenvalue weighted by molar-refractivity contribution is 14.0. The third kappa shape index (κ3) is 5.63. The number of piperidine rings is 1. The fraction of sp³-hybridized carbons (Fsp3) is 0.895. The van der Waals surface area contributed by atoms with Crippen LogP contribution in [0.25, 0.3) is 0 Å². The average Bonchev–Trinajstić information content (AvgIpc) is 3.24. The molecule has 6 nitrogen and oxygen atoms in total. The van der Waals surface area contributed by atoms with E-state index in [4.69, 9.17) is 4.74 Å². The van der Waals surface area contributed by atoms with Crippen LogP contribution in [-0.2, 0) is 4.74 Å². The standard InChI is InChI=1S/C19H34N4O2.HI/c1-3-25-19(24)23-10-7-17(8-11-23)22-18(20-2)21-9-6-16-13-14-4-5-15(16)12-14;/h14-17H,3-13H2,1-2H3,(H2,20,21,22);1H. The molecule has 7 heteroatoms. The highest BCUT2D eigenvalue weighted by Crippen LogP contribution is 2.49. The van der Waals surface area contributed by atoms with Crippen LogP contribution in [0.5, 0.6) is 0 Å². The van der Waals surface area contributed by atoms with Gasteiger partial charge < -0.3 is 20.3 Å². The van der Waals surface area contributed by atoms with Gasteiger partial charge in [-0.15, -0.1) is 24.0 Å². The van der Waals surface area contributed by atoms with Crippen molar-refractivity contribution in [2.75, 3.05) is 33.3 Å². The molecule has 2 saturated carbocycles. The quantitative estimate of drug-likeness (QED) is 0.362. The zero-order valence-corrected chi connectivity index (χ0v) is 18.5. The van der Waals surface area contributed by atoms with E-state index in [0.29, 0.717) is 12.6 Å². The number of halogens is 1. The Kier molecular flexibility index (Phi) is 8.76. The highest BCUT2D eigenvalue weighted by Gasteiger charge is 2.38. The molecule has 3 unspecified atom stereocenters. The number of rotatable bonds is 5. The fourth-order valence-corrected chi connectivity index (χ4v) is 4.92. The molecule has 3 atom stereocenters. The lowest BCUT2D eigenvalue weighted by Crippen LogP contribution is -2.50. The van der Waals surface area contributed by atoms with E-state index in [2.05, 4.69) is 15.6 Å². The molecular weight excluding hydrogens is 443 g/mol. The third-order valence-corrected chi connectivity index (χ3v) is 6.28. The predicted molar refractivity (Wildman–Crippen MR) is 115 cm³/mol. The molecule has 0 radical (unpaired) electrons. The van der Waals surface area contributed by atoms with E-state index in [0.717, 1.165) is 56.2 Å². The number of nitrogens with one attached hydrogen (secondary N) is 2. The van der Waals surface area contributed by atoms with Gasteiger partial charge in [-0.3, -0.25) is 4.99 Å². The Morgan fingerprint density at radius 2 is 1.96 bits per heavy atom. The number of carbonyl (C=O) groups excluding carboxylic acids is 1. The summed E-state index contributed by atoms with van der Waals surface area (Å²) in [5, 5.41) is 7.01. The van der Waals surface area contributed by atoms with Crippen molar-refractivity contribution < 1.29 is 9.53 Å². The Morgan fingerprint density at radius 3 is 2.54 bits per heavy atom. The van der Waals surface area contributed by atoms with Gasteiger partial charge in [0.25, 0.3) is 0 Å².